The Kier molecular flexibility index (Phi) is 4.05. The number of hydrogen-bond acceptors (Lipinski definition) is 5. The third-order valence-electron chi connectivity index (χ3n) is 7.05. The van der Waals surface area contributed by atoms with Gasteiger partial charge in [-0.1, -0.05) is 34.1 Å². The van der Waals surface area contributed by atoms with E-state index in [1.165, 1.54) is 0 Å². The van der Waals surface area contributed by atoms with E-state index < -0.39 is 11.5 Å². The zero-order valence-corrected chi connectivity index (χ0v) is 16.8. The number of hydrogen-bond donors (Lipinski definition) is 2. The van der Waals surface area contributed by atoms with Crippen molar-refractivity contribution in [1.29, 1.82) is 0 Å². The minimum absolute atomic E-state index is 0.0377. The first-order chi connectivity index (χ1) is 12.7. The Morgan fingerprint density at radius 3 is 2.59 bits per heavy atom. The molecule has 0 radical (unpaired) electrons. The first-order valence-corrected chi connectivity index (χ1v) is 10.1. The summed E-state index contributed by atoms with van der Waals surface area (Å²) in [6.45, 7) is 10.7. The standard InChI is InChI=1S/C22H30O5/c1-6-26-17-13-10-12(11(2)3)15(23)16(24)14(13)22-9-7-8-21(4,5)19(22)18(17)27-20(22)25/h10-11,17-19,23-24H,6-9H2,1-5H3/t17-,18+,19?,22-/m0/s1. The normalized spacial score (nSPS) is 33.6. The zero-order valence-electron chi connectivity index (χ0n) is 16.8. The number of aromatic hydroxyl groups is 2. The van der Waals surface area contributed by atoms with Crippen molar-refractivity contribution in [2.24, 2.45) is 11.3 Å². The number of esters is 1. The number of benzene rings is 1. The molecule has 1 aromatic rings. The highest BCUT2D eigenvalue weighted by atomic mass is 16.6. The summed E-state index contributed by atoms with van der Waals surface area (Å²) in [5.74, 6) is -0.600. The molecular weight excluding hydrogens is 344 g/mol. The fourth-order valence-corrected chi connectivity index (χ4v) is 6.05. The molecule has 2 aliphatic carbocycles. The molecule has 1 aliphatic heterocycles. The van der Waals surface area contributed by atoms with Crippen LogP contribution in [-0.4, -0.2) is 28.9 Å². The quantitative estimate of drug-likeness (QED) is 0.609. The van der Waals surface area contributed by atoms with Gasteiger partial charge in [-0.25, -0.2) is 0 Å². The highest BCUT2D eigenvalue weighted by molar-refractivity contribution is 5.90. The molecule has 0 amide bonds. The lowest BCUT2D eigenvalue weighted by molar-refractivity contribution is -0.150. The van der Waals surface area contributed by atoms with Gasteiger partial charge >= 0.3 is 5.97 Å². The Hall–Kier alpha value is -1.75. The van der Waals surface area contributed by atoms with Crippen LogP contribution in [0.3, 0.4) is 0 Å². The Morgan fingerprint density at radius 1 is 1.26 bits per heavy atom. The minimum Gasteiger partial charge on any atom is -0.504 e. The van der Waals surface area contributed by atoms with Gasteiger partial charge in [0.25, 0.3) is 0 Å². The molecule has 1 aromatic carbocycles. The highest BCUT2D eigenvalue weighted by Crippen LogP contribution is 2.67. The van der Waals surface area contributed by atoms with Crippen LogP contribution in [-0.2, 0) is 19.7 Å². The first-order valence-electron chi connectivity index (χ1n) is 10.1. The summed E-state index contributed by atoms with van der Waals surface area (Å²) in [4.78, 5) is 13.2. The molecule has 2 fully saturated rings. The number of phenols is 2. The van der Waals surface area contributed by atoms with E-state index in [9.17, 15) is 15.0 Å². The number of phenolic OH excluding ortho intramolecular Hbond substituents is 2. The molecule has 4 atom stereocenters. The van der Waals surface area contributed by atoms with Crippen LogP contribution in [0.25, 0.3) is 0 Å². The molecule has 1 heterocycles. The van der Waals surface area contributed by atoms with Crippen LogP contribution in [0.1, 0.15) is 82.6 Å². The van der Waals surface area contributed by atoms with E-state index in [-0.39, 0.29) is 40.8 Å². The number of fused-ring (bicyclic) bond motifs is 1. The topological polar surface area (TPSA) is 76.0 Å². The van der Waals surface area contributed by atoms with Crippen molar-refractivity contribution in [1.82, 2.24) is 0 Å². The minimum atomic E-state index is -0.896. The van der Waals surface area contributed by atoms with Crippen LogP contribution < -0.4 is 0 Å². The third-order valence-corrected chi connectivity index (χ3v) is 7.05. The van der Waals surface area contributed by atoms with E-state index in [0.29, 0.717) is 24.2 Å². The molecule has 148 valence electrons. The van der Waals surface area contributed by atoms with Crippen molar-refractivity contribution in [3.63, 3.8) is 0 Å². The summed E-state index contributed by atoms with van der Waals surface area (Å²) in [7, 11) is 0. The number of carbonyl (C=O) groups excluding carboxylic acids is 1. The van der Waals surface area contributed by atoms with Crippen LogP contribution in [0.4, 0.5) is 0 Å². The summed E-state index contributed by atoms with van der Waals surface area (Å²) in [5, 5.41) is 21.8. The van der Waals surface area contributed by atoms with Crippen LogP contribution in [0.2, 0.25) is 0 Å². The number of ether oxygens (including phenoxy) is 2. The fraction of sp³-hybridized carbons (Fsp3) is 0.682. The molecule has 1 saturated carbocycles. The van der Waals surface area contributed by atoms with Gasteiger partial charge in [0.15, 0.2) is 11.5 Å². The maximum absolute atomic E-state index is 13.2. The van der Waals surface area contributed by atoms with Gasteiger partial charge in [-0.2, -0.15) is 0 Å². The largest absolute Gasteiger partial charge is 0.504 e. The molecule has 5 heteroatoms. The van der Waals surface area contributed by atoms with E-state index >= 15 is 0 Å². The molecule has 1 unspecified atom stereocenters. The predicted molar refractivity (Wildman–Crippen MR) is 101 cm³/mol. The Balaban J connectivity index is 2.06. The van der Waals surface area contributed by atoms with Crippen molar-refractivity contribution >= 4 is 5.97 Å². The lowest BCUT2D eigenvalue weighted by Gasteiger charge is -2.52. The zero-order chi connectivity index (χ0) is 19.7. The Morgan fingerprint density at radius 2 is 1.96 bits per heavy atom. The molecule has 2 N–H and O–H groups in total. The van der Waals surface area contributed by atoms with Gasteiger partial charge in [0.2, 0.25) is 0 Å². The van der Waals surface area contributed by atoms with E-state index in [1.54, 1.807) is 0 Å². The second-order valence-electron chi connectivity index (χ2n) is 9.32. The van der Waals surface area contributed by atoms with Gasteiger partial charge in [-0.3, -0.25) is 4.79 Å². The summed E-state index contributed by atoms with van der Waals surface area (Å²) in [5.41, 5.74) is 1.00. The fourth-order valence-electron chi connectivity index (χ4n) is 6.05. The average molecular weight is 374 g/mol. The molecular formula is C22H30O5. The Bertz CT molecular complexity index is 796. The summed E-state index contributed by atoms with van der Waals surface area (Å²) < 4.78 is 12.0. The maximum Gasteiger partial charge on any atom is 0.317 e. The van der Waals surface area contributed by atoms with Crippen LogP contribution >= 0.6 is 0 Å². The van der Waals surface area contributed by atoms with E-state index in [2.05, 4.69) is 13.8 Å². The van der Waals surface area contributed by atoms with Gasteiger partial charge in [0, 0.05) is 23.7 Å². The summed E-state index contributed by atoms with van der Waals surface area (Å²) in [6, 6.07) is 1.92. The van der Waals surface area contributed by atoms with Crippen LogP contribution in [0.15, 0.2) is 6.07 Å². The van der Waals surface area contributed by atoms with E-state index in [0.717, 1.165) is 18.4 Å². The molecule has 0 aromatic heterocycles. The molecule has 1 saturated heterocycles. The molecule has 2 bridgehead atoms. The van der Waals surface area contributed by atoms with E-state index in [1.807, 2.05) is 26.8 Å². The molecule has 0 spiro atoms. The van der Waals surface area contributed by atoms with Gasteiger partial charge in [-0.15, -0.1) is 0 Å². The van der Waals surface area contributed by atoms with Crippen molar-refractivity contribution in [3.05, 3.63) is 22.8 Å². The van der Waals surface area contributed by atoms with Gasteiger partial charge < -0.3 is 19.7 Å². The average Bonchev–Trinajstić information content (AvgIpc) is 2.84. The maximum atomic E-state index is 13.2. The highest BCUT2D eigenvalue weighted by Gasteiger charge is 2.70. The molecule has 3 aliphatic rings. The van der Waals surface area contributed by atoms with Crippen LogP contribution in [0.5, 0.6) is 11.5 Å². The molecule has 27 heavy (non-hydrogen) atoms. The van der Waals surface area contributed by atoms with Crippen LogP contribution in [0, 0.1) is 11.3 Å². The summed E-state index contributed by atoms with van der Waals surface area (Å²) in [6.07, 6.45) is 1.74. The van der Waals surface area contributed by atoms with Gasteiger partial charge in [-0.05, 0) is 42.7 Å². The van der Waals surface area contributed by atoms with Crippen molar-refractivity contribution in [2.45, 2.75) is 77.4 Å². The lowest BCUT2D eigenvalue weighted by Crippen LogP contribution is -2.54. The Labute approximate surface area is 160 Å². The number of carbonyl (C=O) groups is 1. The molecule has 4 rings (SSSR count). The van der Waals surface area contributed by atoms with Gasteiger partial charge in [0.1, 0.15) is 17.6 Å². The number of rotatable bonds is 3. The van der Waals surface area contributed by atoms with Crippen molar-refractivity contribution in [2.75, 3.05) is 6.61 Å². The predicted octanol–water partition coefficient (Wildman–Crippen LogP) is 4.30. The van der Waals surface area contributed by atoms with Crippen molar-refractivity contribution < 1.29 is 24.5 Å². The molecule has 5 nitrogen and oxygen atoms in total. The second-order valence-corrected chi connectivity index (χ2v) is 9.32. The lowest BCUT2D eigenvalue weighted by atomic mass is 9.49. The first kappa shape index (κ1) is 18.6. The summed E-state index contributed by atoms with van der Waals surface area (Å²) >= 11 is 0. The van der Waals surface area contributed by atoms with E-state index in [4.69, 9.17) is 9.47 Å². The smallest absolute Gasteiger partial charge is 0.317 e. The third kappa shape index (κ3) is 2.24. The van der Waals surface area contributed by atoms with Gasteiger partial charge in [0.05, 0.1) is 0 Å². The monoisotopic (exact) mass is 374 g/mol. The SMILES string of the molecule is CCO[C@H]1c2cc(C(C)C)c(O)c(O)c2[C@@]23CCCC(C)(C)C2[C@@H]1OC3=O. The second kappa shape index (κ2) is 5.87. The van der Waals surface area contributed by atoms with Crippen molar-refractivity contribution in [3.8, 4) is 11.5 Å².